The van der Waals surface area contributed by atoms with E-state index in [9.17, 15) is 0 Å². The second kappa shape index (κ2) is 5.77. The van der Waals surface area contributed by atoms with Crippen molar-refractivity contribution in [2.24, 2.45) is 0 Å². The third-order valence-electron chi connectivity index (χ3n) is 4.31. The van der Waals surface area contributed by atoms with Crippen molar-refractivity contribution in [3.8, 4) is 0 Å². The van der Waals surface area contributed by atoms with E-state index in [1.807, 2.05) is 12.3 Å². The molecule has 0 radical (unpaired) electrons. The van der Waals surface area contributed by atoms with Crippen LogP contribution in [0.4, 0.5) is 11.5 Å². The molecule has 2 aromatic heterocycles. The summed E-state index contributed by atoms with van der Waals surface area (Å²) in [4.78, 5) is 11.7. The minimum atomic E-state index is 0.653. The number of nitrogens with zero attached hydrogens (tertiary/aromatic N) is 2. The number of rotatable bonds is 3. The molecule has 0 atom stereocenters. The average molecular weight is 293 g/mol. The van der Waals surface area contributed by atoms with Gasteiger partial charge in [0.25, 0.3) is 0 Å². The SMILES string of the molecule is c1cc(Nc2ncnc3[nH]ccc23)cc(C2CCNCC2)c1. The summed E-state index contributed by atoms with van der Waals surface area (Å²) in [7, 11) is 0. The quantitative estimate of drug-likeness (QED) is 0.694. The van der Waals surface area contributed by atoms with Crippen LogP contribution in [0.5, 0.6) is 0 Å². The highest BCUT2D eigenvalue weighted by molar-refractivity contribution is 5.88. The standard InChI is InChI=1S/C17H19N5/c1-2-13(12-4-7-18-8-5-12)10-14(3-1)22-17-15-6-9-19-16(15)20-11-21-17/h1-3,6,9-12,18H,4-5,7-8H2,(H2,19,20,21,22). The summed E-state index contributed by atoms with van der Waals surface area (Å²) >= 11 is 0. The number of aromatic nitrogens is 3. The molecule has 0 unspecified atom stereocenters. The highest BCUT2D eigenvalue weighted by atomic mass is 15.0. The summed E-state index contributed by atoms with van der Waals surface area (Å²) in [6, 6.07) is 10.7. The molecule has 1 aromatic carbocycles. The fraction of sp³-hybridized carbons (Fsp3) is 0.294. The van der Waals surface area contributed by atoms with E-state index >= 15 is 0 Å². The number of aromatic amines is 1. The van der Waals surface area contributed by atoms with Gasteiger partial charge in [-0.05, 0) is 55.6 Å². The van der Waals surface area contributed by atoms with Gasteiger partial charge in [0.2, 0.25) is 0 Å². The third-order valence-corrected chi connectivity index (χ3v) is 4.31. The Labute approximate surface area is 129 Å². The molecule has 22 heavy (non-hydrogen) atoms. The Morgan fingerprint density at radius 3 is 2.91 bits per heavy atom. The van der Waals surface area contributed by atoms with Gasteiger partial charge in [-0.3, -0.25) is 0 Å². The van der Waals surface area contributed by atoms with Crippen LogP contribution < -0.4 is 10.6 Å². The molecule has 0 saturated carbocycles. The van der Waals surface area contributed by atoms with Gasteiger partial charge in [0.15, 0.2) is 0 Å². The van der Waals surface area contributed by atoms with Crippen molar-refractivity contribution in [1.29, 1.82) is 0 Å². The lowest BCUT2D eigenvalue weighted by Crippen LogP contribution is -2.26. The first-order valence-electron chi connectivity index (χ1n) is 7.76. The molecule has 0 bridgehead atoms. The number of fused-ring (bicyclic) bond motifs is 1. The van der Waals surface area contributed by atoms with Crippen molar-refractivity contribution in [1.82, 2.24) is 20.3 Å². The predicted molar refractivity (Wildman–Crippen MR) is 88.5 cm³/mol. The molecule has 0 amide bonds. The van der Waals surface area contributed by atoms with Gasteiger partial charge >= 0.3 is 0 Å². The summed E-state index contributed by atoms with van der Waals surface area (Å²) in [5.41, 5.74) is 3.34. The van der Waals surface area contributed by atoms with Crippen LogP contribution in [0.2, 0.25) is 0 Å². The molecule has 1 aliphatic rings. The van der Waals surface area contributed by atoms with Crippen LogP contribution in [0.3, 0.4) is 0 Å². The van der Waals surface area contributed by atoms with Gasteiger partial charge in [-0.1, -0.05) is 12.1 Å². The zero-order valence-electron chi connectivity index (χ0n) is 12.3. The molecule has 1 fully saturated rings. The Balaban J connectivity index is 1.61. The van der Waals surface area contributed by atoms with E-state index in [2.05, 4.69) is 49.9 Å². The largest absolute Gasteiger partial charge is 0.346 e. The number of H-pyrrole nitrogens is 1. The van der Waals surface area contributed by atoms with E-state index < -0.39 is 0 Å². The van der Waals surface area contributed by atoms with Crippen LogP contribution in [0, 0.1) is 0 Å². The van der Waals surface area contributed by atoms with Crippen molar-refractivity contribution in [3.05, 3.63) is 48.4 Å². The van der Waals surface area contributed by atoms with Crippen LogP contribution in [-0.2, 0) is 0 Å². The van der Waals surface area contributed by atoms with Gasteiger partial charge in [-0.15, -0.1) is 0 Å². The molecule has 0 spiro atoms. The topological polar surface area (TPSA) is 65.6 Å². The van der Waals surface area contributed by atoms with Gasteiger partial charge in [-0.25, -0.2) is 9.97 Å². The Kier molecular flexibility index (Phi) is 3.48. The lowest BCUT2D eigenvalue weighted by Gasteiger charge is -2.23. The number of nitrogens with one attached hydrogen (secondary N) is 3. The smallest absolute Gasteiger partial charge is 0.143 e. The number of piperidine rings is 1. The van der Waals surface area contributed by atoms with E-state index in [1.165, 1.54) is 18.4 Å². The first-order chi connectivity index (χ1) is 10.9. The van der Waals surface area contributed by atoms with Crippen molar-refractivity contribution < 1.29 is 0 Å². The van der Waals surface area contributed by atoms with Crippen molar-refractivity contribution in [2.45, 2.75) is 18.8 Å². The lowest BCUT2D eigenvalue weighted by molar-refractivity contribution is 0.460. The summed E-state index contributed by atoms with van der Waals surface area (Å²) in [6.45, 7) is 2.22. The fourth-order valence-electron chi connectivity index (χ4n) is 3.13. The first-order valence-corrected chi connectivity index (χ1v) is 7.76. The van der Waals surface area contributed by atoms with Gasteiger partial charge in [0.05, 0.1) is 5.39 Å². The first kappa shape index (κ1) is 13.3. The second-order valence-corrected chi connectivity index (χ2v) is 5.74. The molecule has 3 heterocycles. The number of hydrogen-bond acceptors (Lipinski definition) is 4. The van der Waals surface area contributed by atoms with Gasteiger partial charge < -0.3 is 15.6 Å². The number of benzene rings is 1. The van der Waals surface area contributed by atoms with Crippen LogP contribution in [0.15, 0.2) is 42.9 Å². The minimum Gasteiger partial charge on any atom is -0.346 e. The third kappa shape index (κ3) is 2.55. The van der Waals surface area contributed by atoms with Crippen molar-refractivity contribution >= 4 is 22.5 Å². The molecule has 5 nitrogen and oxygen atoms in total. The fourth-order valence-corrected chi connectivity index (χ4v) is 3.13. The normalized spacial score (nSPS) is 16.0. The van der Waals surface area contributed by atoms with Crippen LogP contribution in [0.1, 0.15) is 24.3 Å². The maximum absolute atomic E-state index is 4.36. The minimum absolute atomic E-state index is 0.653. The Morgan fingerprint density at radius 1 is 1.09 bits per heavy atom. The van der Waals surface area contributed by atoms with Gasteiger partial charge in [0.1, 0.15) is 17.8 Å². The highest BCUT2D eigenvalue weighted by Gasteiger charge is 2.15. The maximum Gasteiger partial charge on any atom is 0.143 e. The van der Waals surface area contributed by atoms with E-state index in [0.29, 0.717) is 5.92 Å². The van der Waals surface area contributed by atoms with E-state index in [0.717, 1.165) is 35.6 Å². The zero-order valence-corrected chi connectivity index (χ0v) is 12.3. The van der Waals surface area contributed by atoms with E-state index in [-0.39, 0.29) is 0 Å². The second-order valence-electron chi connectivity index (χ2n) is 5.74. The average Bonchev–Trinajstić information content (AvgIpc) is 3.06. The molecule has 4 rings (SSSR count). The monoisotopic (exact) mass is 293 g/mol. The molecule has 1 saturated heterocycles. The molecule has 0 aliphatic carbocycles. The zero-order chi connectivity index (χ0) is 14.8. The molecule has 3 N–H and O–H groups in total. The summed E-state index contributed by atoms with van der Waals surface area (Å²) in [5.74, 6) is 1.49. The summed E-state index contributed by atoms with van der Waals surface area (Å²) in [5, 5.41) is 7.85. The van der Waals surface area contributed by atoms with Crippen molar-refractivity contribution in [3.63, 3.8) is 0 Å². The van der Waals surface area contributed by atoms with E-state index in [4.69, 9.17) is 0 Å². The summed E-state index contributed by atoms with van der Waals surface area (Å²) < 4.78 is 0. The molecule has 1 aliphatic heterocycles. The Morgan fingerprint density at radius 2 is 2.00 bits per heavy atom. The van der Waals surface area contributed by atoms with E-state index in [1.54, 1.807) is 6.33 Å². The van der Waals surface area contributed by atoms with Crippen LogP contribution >= 0.6 is 0 Å². The Hall–Kier alpha value is -2.40. The van der Waals surface area contributed by atoms with Gasteiger partial charge in [0, 0.05) is 11.9 Å². The molecular weight excluding hydrogens is 274 g/mol. The molecular formula is C17H19N5. The maximum atomic E-state index is 4.36. The lowest BCUT2D eigenvalue weighted by atomic mass is 9.90. The molecule has 5 heteroatoms. The van der Waals surface area contributed by atoms with Gasteiger partial charge in [-0.2, -0.15) is 0 Å². The summed E-state index contributed by atoms with van der Waals surface area (Å²) in [6.07, 6.45) is 5.88. The van der Waals surface area contributed by atoms with Crippen LogP contribution in [0.25, 0.3) is 11.0 Å². The predicted octanol–water partition coefficient (Wildman–Crippen LogP) is 3.17. The Bertz CT molecular complexity index is 773. The molecule has 3 aromatic rings. The number of anilines is 2. The number of hydrogen-bond donors (Lipinski definition) is 3. The van der Waals surface area contributed by atoms with Crippen molar-refractivity contribution in [2.75, 3.05) is 18.4 Å². The highest BCUT2D eigenvalue weighted by Crippen LogP contribution is 2.29. The molecule has 112 valence electrons. The van der Waals surface area contributed by atoms with Crippen LogP contribution in [-0.4, -0.2) is 28.0 Å².